The first-order valence-electron chi connectivity index (χ1n) is 6.18. The fourth-order valence-electron chi connectivity index (χ4n) is 2.26. The standard InChI is InChI=1S/C15H13N3O2/c1-9-3-4-13-10(5-9)6-11(7-16-13)12-8-18(2)17-14(12)15(19)20/h3-8H,1-2H3,(H,19,20). The summed E-state index contributed by atoms with van der Waals surface area (Å²) in [6.45, 7) is 2.01. The number of pyridine rings is 1. The first-order chi connectivity index (χ1) is 9.54. The van der Waals surface area contributed by atoms with Crippen LogP contribution in [0.25, 0.3) is 22.0 Å². The topological polar surface area (TPSA) is 68.0 Å². The summed E-state index contributed by atoms with van der Waals surface area (Å²) in [5.41, 5.74) is 3.41. The van der Waals surface area contributed by atoms with Crippen LogP contribution in [0.15, 0.2) is 36.7 Å². The van der Waals surface area contributed by atoms with E-state index in [2.05, 4.69) is 10.1 Å². The van der Waals surface area contributed by atoms with Crippen LogP contribution >= 0.6 is 0 Å². The molecule has 2 heterocycles. The summed E-state index contributed by atoms with van der Waals surface area (Å²) in [6.07, 6.45) is 3.38. The average Bonchev–Trinajstić information content (AvgIpc) is 2.80. The zero-order chi connectivity index (χ0) is 14.3. The molecule has 0 aliphatic carbocycles. The molecule has 20 heavy (non-hydrogen) atoms. The number of rotatable bonds is 2. The van der Waals surface area contributed by atoms with Gasteiger partial charge in [0.2, 0.25) is 0 Å². The third kappa shape index (κ3) is 2.03. The van der Waals surface area contributed by atoms with Gasteiger partial charge in [0.05, 0.1) is 5.52 Å². The minimum absolute atomic E-state index is 0.0429. The van der Waals surface area contributed by atoms with Gasteiger partial charge in [-0.3, -0.25) is 9.67 Å². The first-order valence-corrected chi connectivity index (χ1v) is 6.18. The van der Waals surface area contributed by atoms with E-state index >= 15 is 0 Å². The summed E-state index contributed by atoms with van der Waals surface area (Å²) in [5, 5.41) is 14.2. The Bertz CT molecular complexity index is 821. The predicted molar refractivity (Wildman–Crippen MR) is 75.6 cm³/mol. The smallest absolute Gasteiger partial charge is 0.357 e. The predicted octanol–water partition coefficient (Wildman–Crippen LogP) is 2.64. The Balaban J connectivity index is 2.22. The summed E-state index contributed by atoms with van der Waals surface area (Å²) in [5.74, 6) is -1.04. The van der Waals surface area contributed by atoms with Gasteiger partial charge in [0, 0.05) is 36.0 Å². The van der Waals surface area contributed by atoms with E-state index in [0.717, 1.165) is 22.0 Å². The van der Waals surface area contributed by atoms with Crippen molar-refractivity contribution in [3.05, 3.63) is 47.9 Å². The molecule has 0 amide bonds. The normalized spacial score (nSPS) is 10.9. The van der Waals surface area contributed by atoms with E-state index in [4.69, 9.17) is 0 Å². The quantitative estimate of drug-likeness (QED) is 0.775. The van der Waals surface area contributed by atoms with Gasteiger partial charge in [0.25, 0.3) is 0 Å². The van der Waals surface area contributed by atoms with Crippen molar-refractivity contribution in [2.75, 3.05) is 0 Å². The van der Waals surface area contributed by atoms with Gasteiger partial charge in [0.1, 0.15) is 0 Å². The molecule has 100 valence electrons. The Morgan fingerprint density at radius 3 is 2.85 bits per heavy atom. The van der Waals surface area contributed by atoms with Gasteiger partial charge in [-0.15, -0.1) is 0 Å². The molecule has 0 aliphatic rings. The van der Waals surface area contributed by atoms with Crippen molar-refractivity contribution in [2.45, 2.75) is 6.92 Å². The van der Waals surface area contributed by atoms with Gasteiger partial charge in [-0.25, -0.2) is 4.79 Å². The highest BCUT2D eigenvalue weighted by atomic mass is 16.4. The van der Waals surface area contributed by atoms with Crippen LogP contribution in [0, 0.1) is 6.92 Å². The van der Waals surface area contributed by atoms with Gasteiger partial charge >= 0.3 is 5.97 Å². The van der Waals surface area contributed by atoms with E-state index in [0.29, 0.717) is 5.56 Å². The number of carboxylic acids is 1. The van der Waals surface area contributed by atoms with Crippen molar-refractivity contribution in [1.29, 1.82) is 0 Å². The SMILES string of the molecule is Cc1ccc2ncc(-c3cn(C)nc3C(=O)O)cc2c1. The van der Waals surface area contributed by atoms with Gasteiger partial charge in [-0.05, 0) is 25.1 Å². The second-order valence-electron chi connectivity index (χ2n) is 4.79. The van der Waals surface area contributed by atoms with Crippen molar-refractivity contribution in [3.63, 3.8) is 0 Å². The van der Waals surface area contributed by atoms with Crippen LogP contribution in [-0.4, -0.2) is 25.8 Å². The third-order valence-electron chi connectivity index (χ3n) is 3.18. The maximum atomic E-state index is 11.2. The molecular formula is C15H13N3O2. The fraction of sp³-hybridized carbons (Fsp3) is 0.133. The molecule has 0 spiro atoms. The molecule has 0 atom stereocenters. The summed E-state index contributed by atoms with van der Waals surface area (Å²) in [6, 6.07) is 7.93. The van der Waals surface area contributed by atoms with Crippen LogP contribution < -0.4 is 0 Å². The summed E-state index contributed by atoms with van der Waals surface area (Å²) < 4.78 is 1.50. The first kappa shape index (κ1) is 12.3. The lowest BCUT2D eigenvalue weighted by atomic mass is 10.0. The van der Waals surface area contributed by atoms with E-state index in [-0.39, 0.29) is 5.69 Å². The van der Waals surface area contributed by atoms with Gasteiger partial charge in [-0.2, -0.15) is 5.10 Å². The monoisotopic (exact) mass is 267 g/mol. The van der Waals surface area contributed by atoms with Crippen LogP contribution in [0.4, 0.5) is 0 Å². The van der Waals surface area contributed by atoms with Crippen LogP contribution in [-0.2, 0) is 7.05 Å². The summed E-state index contributed by atoms with van der Waals surface area (Å²) in [7, 11) is 1.70. The largest absolute Gasteiger partial charge is 0.476 e. The molecule has 2 aromatic heterocycles. The Kier molecular flexibility index (Phi) is 2.75. The van der Waals surface area contributed by atoms with E-state index in [1.54, 1.807) is 19.4 Å². The molecular weight excluding hydrogens is 254 g/mol. The molecule has 3 aromatic rings. The minimum atomic E-state index is -1.04. The highest BCUT2D eigenvalue weighted by Crippen LogP contribution is 2.25. The molecule has 3 rings (SSSR count). The van der Waals surface area contributed by atoms with E-state index < -0.39 is 5.97 Å². The molecule has 0 unspecified atom stereocenters. The number of aromatic carboxylic acids is 1. The molecule has 5 nitrogen and oxygen atoms in total. The Morgan fingerprint density at radius 2 is 2.10 bits per heavy atom. The molecule has 0 bridgehead atoms. The zero-order valence-electron chi connectivity index (χ0n) is 11.2. The van der Waals surface area contributed by atoms with Crippen molar-refractivity contribution in [2.24, 2.45) is 7.05 Å². The summed E-state index contributed by atoms with van der Waals surface area (Å²) >= 11 is 0. The van der Waals surface area contributed by atoms with Crippen LogP contribution in [0.3, 0.4) is 0 Å². The van der Waals surface area contributed by atoms with Gasteiger partial charge in [-0.1, -0.05) is 11.6 Å². The molecule has 0 saturated carbocycles. The van der Waals surface area contributed by atoms with Crippen molar-refractivity contribution in [3.8, 4) is 11.1 Å². The van der Waals surface area contributed by atoms with E-state index in [1.165, 1.54) is 4.68 Å². The van der Waals surface area contributed by atoms with Crippen LogP contribution in [0.2, 0.25) is 0 Å². The van der Waals surface area contributed by atoms with Crippen molar-refractivity contribution in [1.82, 2.24) is 14.8 Å². The number of benzene rings is 1. The van der Waals surface area contributed by atoms with Gasteiger partial charge < -0.3 is 5.11 Å². The fourth-order valence-corrected chi connectivity index (χ4v) is 2.26. The molecule has 0 radical (unpaired) electrons. The number of hydrogen-bond donors (Lipinski definition) is 1. The van der Waals surface area contributed by atoms with Crippen LogP contribution in [0.5, 0.6) is 0 Å². The number of aromatic nitrogens is 3. The molecule has 1 aromatic carbocycles. The molecule has 1 N–H and O–H groups in total. The van der Waals surface area contributed by atoms with Gasteiger partial charge in [0.15, 0.2) is 5.69 Å². The number of nitrogens with zero attached hydrogens (tertiary/aromatic N) is 3. The number of fused-ring (bicyclic) bond motifs is 1. The Labute approximate surface area is 115 Å². The number of hydrogen-bond acceptors (Lipinski definition) is 3. The van der Waals surface area contributed by atoms with Crippen LogP contribution in [0.1, 0.15) is 16.1 Å². The third-order valence-corrected chi connectivity index (χ3v) is 3.18. The molecule has 0 fully saturated rings. The zero-order valence-corrected chi connectivity index (χ0v) is 11.2. The second-order valence-corrected chi connectivity index (χ2v) is 4.79. The average molecular weight is 267 g/mol. The summed E-state index contributed by atoms with van der Waals surface area (Å²) in [4.78, 5) is 15.6. The lowest BCUT2D eigenvalue weighted by molar-refractivity contribution is 0.0690. The Hall–Kier alpha value is -2.69. The molecule has 0 saturated heterocycles. The highest BCUT2D eigenvalue weighted by Gasteiger charge is 2.16. The molecule has 5 heteroatoms. The minimum Gasteiger partial charge on any atom is -0.476 e. The second kappa shape index (κ2) is 4.45. The highest BCUT2D eigenvalue weighted by molar-refractivity contribution is 5.95. The maximum Gasteiger partial charge on any atom is 0.357 e. The lowest BCUT2D eigenvalue weighted by Crippen LogP contribution is -2.00. The lowest BCUT2D eigenvalue weighted by Gasteiger charge is -2.03. The van der Waals surface area contributed by atoms with Crippen molar-refractivity contribution < 1.29 is 9.90 Å². The van der Waals surface area contributed by atoms with E-state index in [1.807, 2.05) is 31.2 Å². The molecule has 0 aliphatic heterocycles. The van der Waals surface area contributed by atoms with E-state index in [9.17, 15) is 9.90 Å². The Morgan fingerprint density at radius 1 is 1.30 bits per heavy atom. The van der Waals surface area contributed by atoms with Crippen molar-refractivity contribution >= 4 is 16.9 Å². The number of carboxylic acid groups (broad SMARTS) is 1. The number of carbonyl (C=O) groups is 1. The maximum absolute atomic E-state index is 11.2. The number of aryl methyl sites for hydroxylation is 2.